The Morgan fingerprint density at radius 2 is 1.73 bits per heavy atom. The zero-order valence-corrected chi connectivity index (χ0v) is 23.4. The summed E-state index contributed by atoms with van der Waals surface area (Å²) in [6.07, 6.45) is -4.84. The Balaban J connectivity index is 1.61. The zero-order chi connectivity index (χ0) is 29.9. The number of amides is 2. The summed E-state index contributed by atoms with van der Waals surface area (Å²) in [5, 5.41) is 9.47. The zero-order valence-electron chi connectivity index (χ0n) is 22.6. The first-order valence-electron chi connectivity index (χ1n) is 12.5. The summed E-state index contributed by atoms with van der Waals surface area (Å²) in [6.45, 7) is 5.64. The smallest absolute Gasteiger partial charge is 0.406 e. The lowest BCUT2D eigenvalue weighted by atomic mass is 9.95. The number of hydrogen-bond acceptors (Lipinski definition) is 6. The molecule has 0 atom stereocenters. The maximum absolute atomic E-state index is 13.1. The van der Waals surface area contributed by atoms with Crippen LogP contribution < -0.4 is 20.7 Å². The third-order valence-corrected chi connectivity index (χ3v) is 6.26. The fourth-order valence-corrected chi connectivity index (χ4v) is 4.07. The average molecular weight is 586 g/mol. The molecule has 0 saturated heterocycles. The molecule has 0 spiro atoms. The predicted octanol–water partition coefficient (Wildman–Crippen LogP) is 6.81. The molecule has 0 radical (unpaired) electrons. The molecule has 8 nitrogen and oxygen atoms in total. The van der Waals surface area contributed by atoms with Gasteiger partial charge in [-0.25, -0.2) is 9.97 Å². The summed E-state index contributed by atoms with van der Waals surface area (Å²) in [4.78, 5) is 34.3. The summed E-state index contributed by atoms with van der Waals surface area (Å²) in [5.74, 6) is -0.401. The van der Waals surface area contributed by atoms with Crippen LogP contribution in [0.5, 0.6) is 5.75 Å². The van der Waals surface area contributed by atoms with Gasteiger partial charge >= 0.3 is 6.36 Å². The second-order valence-electron chi connectivity index (χ2n) is 10.2. The van der Waals surface area contributed by atoms with Gasteiger partial charge < -0.3 is 20.7 Å². The van der Waals surface area contributed by atoms with Crippen LogP contribution in [0, 0.1) is 5.41 Å². The lowest BCUT2D eigenvalue weighted by Gasteiger charge is -2.18. The molecule has 0 aliphatic carbocycles. The van der Waals surface area contributed by atoms with Crippen LogP contribution in [0.3, 0.4) is 0 Å². The molecule has 0 aliphatic rings. The molecule has 1 heterocycles. The number of rotatable bonds is 7. The van der Waals surface area contributed by atoms with Crippen molar-refractivity contribution in [3.05, 3.63) is 76.8 Å². The molecule has 0 saturated carbocycles. The lowest BCUT2D eigenvalue weighted by Crippen LogP contribution is -2.34. The molecule has 0 unspecified atom stereocenters. The monoisotopic (exact) mass is 585 g/mol. The fourth-order valence-electron chi connectivity index (χ4n) is 3.86. The highest BCUT2D eigenvalue weighted by molar-refractivity contribution is 6.34. The van der Waals surface area contributed by atoms with Gasteiger partial charge in [-0.2, -0.15) is 0 Å². The molecule has 2 amide bonds. The first-order chi connectivity index (χ1) is 19.2. The number of carbonyl (C=O) groups is 2. The minimum atomic E-state index is -4.84. The summed E-state index contributed by atoms with van der Waals surface area (Å²) in [6, 6.07) is 15.3. The molecule has 4 rings (SSSR count). The van der Waals surface area contributed by atoms with Gasteiger partial charge in [0.2, 0.25) is 5.91 Å². The number of benzene rings is 3. The van der Waals surface area contributed by atoms with Gasteiger partial charge in [-0.1, -0.05) is 50.6 Å². The van der Waals surface area contributed by atoms with Crippen molar-refractivity contribution in [3.8, 4) is 17.1 Å². The Bertz CT molecular complexity index is 1620. The van der Waals surface area contributed by atoms with E-state index in [2.05, 4.69) is 30.7 Å². The van der Waals surface area contributed by atoms with Gasteiger partial charge in [-0.3, -0.25) is 9.59 Å². The average Bonchev–Trinajstić information content (AvgIpc) is 2.90. The molecule has 3 aromatic carbocycles. The van der Waals surface area contributed by atoms with Crippen molar-refractivity contribution in [2.45, 2.75) is 33.7 Å². The second kappa shape index (κ2) is 11.6. The van der Waals surface area contributed by atoms with Crippen molar-refractivity contribution in [1.82, 2.24) is 15.3 Å². The predicted molar refractivity (Wildman–Crippen MR) is 152 cm³/mol. The van der Waals surface area contributed by atoms with E-state index in [1.54, 1.807) is 70.3 Å². The normalized spacial score (nSPS) is 11.7. The van der Waals surface area contributed by atoms with Crippen LogP contribution in [0.4, 0.5) is 24.7 Å². The van der Waals surface area contributed by atoms with Gasteiger partial charge in [0.25, 0.3) is 5.91 Å². The number of anilines is 2. The molecule has 214 valence electrons. The Kier molecular flexibility index (Phi) is 8.39. The summed E-state index contributed by atoms with van der Waals surface area (Å²) in [5.41, 5.74) is 1.51. The number of carbonyl (C=O) groups excluding carboxylic acids is 2. The lowest BCUT2D eigenvalue weighted by molar-refractivity contribution is -0.274. The van der Waals surface area contributed by atoms with E-state index >= 15 is 0 Å². The van der Waals surface area contributed by atoms with E-state index < -0.39 is 23.4 Å². The van der Waals surface area contributed by atoms with Crippen molar-refractivity contribution in [1.29, 1.82) is 0 Å². The van der Waals surface area contributed by atoms with Crippen LogP contribution in [-0.4, -0.2) is 35.2 Å². The standard InChI is InChI=1S/C29H27ClF3N5O3/c1-28(2,3)27(40)35-15-16-8-11-22(30)21(12-16)26(39)36-18-9-10-20-23(14-18)37-24(38-25(20)34-4)17-6-5-7-19(13-17)41-29(31,32)33/h5-14H,15H2,1-4H3,(H,35,40)(H,36,39)(H,34,37,38). The van der Waals surface area contributed by atoms with Gasteiger partial charge in [0.05, 0.1) is 16.1 Å². The minimum Gasteiger partial charge on any atom is -0.406 e. The molecule has 0 bridgehead atoms. The number of halogens is 4. The molecule has 41 heavy (non-hydrogen) atoms. The Morgan fingerprint density at radius 3 is 2.41 bits per heavy atom. The van der Waals surface area contributed by atoms with Crippen molar-refractivity contribution in [2.75, 3.05) is 17.7 Å². The van der Waals surface area contributed by atoms with E-state index in [0.29, 0.717) is 33.5 Å². The van der Waals surface area contributed by atoms with E-state index in [9.17, 15) is 22.8 Å². The van der Waals surface area contributed by atoms with E-state index in [4.69, 9.17) is 11.6 Å². The van der Waals surface area contributed by atoms with Crippen LogP contribution in [-0.2, 0) is 11.3 Å². The van der Waals surface area contributed by atoms with Gasteiger partial charge in [0.1, 0.15) is 11.6 Å². The maximum Gasteiger partial charge on any atom is 0.573 e. The topological polar surface area (TPSA) is 105 Å². The number of alkyl halides is 3. The van der Waals surface area contributed by atoms with Gasteiger partial charge in [-0.05, 0) is 48.0 Å². The molecule has 12 heteroatoms. The van der Waals surface area contributed by atoms with Crippen LogP contribution >= 0.6 is 11.6 Å². The molecule has 4 aromatic rings. The third kappa shape index (κ3) is 7.43. The van der Waals surface area contributed by atoms with Crippen LogP contribution in [0.2, 0.25) is 5.02 Å². The maximum atomic E-state index is 13.1. The number of ether oxygens (including phenoxy) is 1. The highest BCUT2D eigenvalue weighted by atomic mass is 35.5. The van der Waals surface area contributed by atoms with Crippen LogP contribution in [0.25, 0.3) is 22.3 Å². The first-order valence-corrected chi connectivity index (χ1v) is 12.8. The highest BCUT2D eigenvalue weighted by Gasteiger charge is 2.31. The Morgan fingerprint density at radius 1 is 0.976 bits per heavy atom. The van der Waals surface area contributed by atoms with Crippen molar-refractivity contribution in [3.63, 3.8) is 0 Å². The van der Waals surface area contributed by atoms with Crippen molar-refractivity contribution in [2.24, 2.45) is 5.41 Å². The van der Waals surface area contributed by atoms with E-state index in [-0.39, 0.29) is 28.9 Å². The Hall–Kier alpha value is -4.38. The number of hydrogen-bond donors (Lipinski definition) is 3. The summed E-state index contributed by atoms with van der Waals surface area (Å²) >= 11 is 6.31. The number of fused-ring (bicyclic) bond motifs is 1. The quantitative estimate of drug-likeness (QED) is 0.220. The van der Waals surface area contributed by atoms with Crippen LogP contribution in [0.1, 0.15) is 36.7 Å². The molecular formula is C29H27ClF3N5O3. The molecule has 3 N–H and O–H groups in total. The Labute approximate surface area is 239 Å². The number of nitrogens with one attached hydrogen (secondary N) is 3. The molecule has 0 aliphatic heterocycles. The van der Waals surface area contributed by atoms with Gasteiger partial charge in [0, 0.05) is 35.6 Å². The van der Waals surface area contributed by atoms with E-state index in [1.807, 2.05) is 0 Å². The first kappa shape index (κ1) is 29.6. The minimum absolute atomic E-state index is 0.128. The summed E-state index contributed by atoms with van der Waals surface area (Å²) < 4.78 is 42.2. The second-order valence-corrected chi connectivity index (χ2v) is 10.6. The molecule has 0 fully saturated rings. The van der Waals surface area contributed by atoms with E-state index in [1.165, 1.54) is 18.2 Å². The number of aromatic nitrogens is 2. The largest absolute Gasteiger partial charge is 0.573 e. The molecule has 1 aromatic heterocycles. The van der Waals surface area contributed by atoms with Crippen molar-refractivity contribution >= 4 is 45.8 Å². The third-order valence-electron chi connectivity index (χ3n) is 5.93. The van der Waals surface area contributed by atoms with Crippen molar-refractivity contribution < 1.29 is 27.5 Å². The highest BCUT2D eigenvalue weighted by Crippen LogP contribution is 2.30. The van der Waals surface area contributed by atoms with Crippen LogP contribution in [0.15, 0.2) is 60.7 Å². The fraction of sp³-hybridized carbons (Fsp3) is 0.241. The number of nitrogens with zero attached hydrogens (tertiary/aromatic N) is 2. The SMILES string of the molecule is CNc1nc(-c2cccc(OC(F)(F)F)c2)nc2cc(NC(=O)c3cc(CNC(=O)C(C)(C)C)ccc3Cl)ccc12. The summed E-state index contributed by atoms with van der Waals surface area (Å²) in [7, 11) is 1.66. The van der Waals surface area contributed by atoms with E-state index in [0.717, 1.165) is 0 Å². The van der Waals surface area contributed by atoms with Gasteiger partial charge in [0.15, 0.2) is 5.82 Å². The van der Waals surface area contributed by atoms with Gasteiger partial charge in [-0.15, -0.1) is 13.2 Å². The molecular weight excluding hydrogens is 559 g/mol.